The monoisotopic (exact) mass is 230 g/mol. The molecule has 92 valence electrons. The first kappa shape index (κ1) is 10.3. The van der Waals surface area contributed by atoms with Gasteiger partial charge < -0.3 is 0 Å². The van der Waals surface area contributed by atoms with E-state index in [-0.39, 0.29) is 0 Å². The summed E-state index contributed by atoms with van der Waals surface area (Å²) in [6.45, 7) is 2.72. The average Bonchev–Trinajstić information content (AvgIpc) is 2.93. The van der Waals surface area contributed by atoms with Crippen molar-refractivity contribution < 1.29 is 4.58 Å². The topological polar surface area (TPSA) is 3.01 Å². The number of allylic oxidation sites excluding steroid dienone is 2. The molecule has 17 heavy (non-hydrogen) atoms. The van der Waals surface area contributed by atoms with E-state index in [2.05, 4.69) is 16.7 Å². The minimum atomic E-state index is 0.904. The maximum Gasteiger partial charge on any atom is 0.156 e. The van der Waals surface area contributed by atoms with E-state index in [0.29, 0.717) is 0 Å². The van der Waals surface area contributed by atoms with Crippen LogP contribution in [-0.4, -0.2) is 23.4 Å². The number of hydrogen-bond acceptors (Lipinski definition) is 0. The second kappa shape index (κ2) is 3.96. The van der Waals surface area contributed by atoms with Crippen molar-refractivity contribution in [3.8, 4) is 0 Å². The Kier molecular flexibility index (Phi) is 2.41. The molecule has 4 atom stereocenters. The second-order valence-corrected chi connectivity index (χ2v) is 6.56. The van der Waals surface area contributed by atoms with Gasteiger partial charge in [-0.3, -0.25) is 0 Å². The van der Waals surface area contributed by atoms with Crippen LogP contribution in [0.4, 0.5) is 0 Å². The van der Waals surface area contributed by atoms with E-state index in [0.717, 1.165) is 23.7 Å². The SMILES string of the molecule is C1=C[C@H]2CC[C@@H]1[C@H]1CCCC(=[N+]3CCCC3)[C@H]12. The third-order valence-corrected chi connectivity index (χ3v) is 5.78. The molecule has 1 aliphatic heterocycles. The zero-order valence-electron chi connectivity index (χ0n) is 10.8. The van der Waals surface area contributed by atoms with Crippen molar-refractivity contribution in [1.82, 2.24) is 0 Å². The fourth-order valence-corrected chi connectivity index (χ4v) is 5.05. The molecule has 0 aromatic heterocycles. The van der Waals surface area contributed by atoms with Crippen LogP contribution in [0.5, 0.6) is 0 Å². The van der Waals surface area contributed by atoms with Crippen LogP contribution in [0.2, 0.25) is 0 Å². The van der Waals surface area contributed by atoms with Crippen LogP contribution in [0.1, 0.15) is 44.9 Å². The Hall–Kier alpha value is -0.590. The van der Waals surface area contributed by atoms with Gasteiger partial charge in [0.15, 0.2) is 5.71 Å². The van der Waals surface area contributed by atoms with Crippen LogP contribution >= 0.6 is 0 Å². The zero-order chi connectivity index (χ0) is 11.2. The van der Waals surface area contributed by atoms with E-state index in [1.165, 1.54) is 58.0 Å². The normalized spacial score (nSPS) is 44.2. The number of nitrogens with zero attached hydrogens (tertiary/aromatic N) is 1. The van der Waals surface area contributed by atoms with Gasteiger partial charge in [0.25, 0.3) is 0 Å². The van der Waals surface area contributed by atoms with Gasteiger partial charge >= 0.3 is 0 Å². The summed E-state index contributed by atoms with van der Waals surface area (Å²) in [5.41, 5.74) is 1.87. The van der Waals surface area contributed by atoms with Gasteiger partial charge in [0.1, 0.15) is 13.1 Å². The lowest BCUT2D eigenvalue weighted by Gasteiger charge is -2.46. The maximum atomic E-state index is 2.77. The first-order valence-corrected chi connectivity index (χ1v) is 7.72. The molecule has 0 amide bonds. The molecule has 2 saturated carbocycles. The lowest BCUT2D eigenvalue weighted by molar-refractivity contribution is -0.511. The standard InChI is InChI=1S/C16H24N/c1-2-11-17(10-1)15-5-3-4-14-12-6-8-13(9-7-12)16(14)15/h6,8,12-14,16H,1-5,7,9-11H2/q+1/t12-,13+,14-,16+/m1/s1. The molecule has 0 N–H and O–H groups in total. The Morgan fingerprint density at radius 3 is 2.41 bits per heavy atom. The van der Waals surface area contributed by atoms with E-state index >= 15 is 0 Å². The molecule has 1 heteroatoms. The van der Waals surface area contributed by atoms with Crippen LogP contribution in [0, 0.1) is 23.7 Å². The molecule has 0 aromatic carbocycles. The summed E-state index contributed by atoms with van der Waals surface area (Å²) >= 11 is 0. The summed E-state index contributed by atoms with van der Waals surface area (Å²) in [5, 5.41) is 0. The molecular formula is C16H24N+. The van der Waals surface area contributed by atoms with Gasteiger partial charge in [-0.2, -0.15) is 0 Å². The molecule has 0 spiro atoms. The van der Waals surface area contributed by atoms with Crippen molar-refractivity contribution in [2.24, 2.45) is 23.7 Å². The van der Waals surface area contributed by atoms with Crippen LogP contribution in [-0.2, 0) is 0 Å². The van der Waals surface area contributed by atoms with Crippen molar-refractivity contribution in [1.29, 1.82) is 0 Å². The highest BCUT2D eigenvalue weighted by Crippen LogP contribution is 2.50. The Labute approximate surface area is 105 Å². The van der Waals surface area contributed by atoms with Crippen molar-refractivity contribution in [2.45, 2.75) is 44.9 Å². The largest absolute Gasteiger partial charge is 0.237 e. The van der Waals surface area contributed by atoms with Crippen LogP contribution < -0.4 is 0 Å². The van der Waals surface area contributed by atoms with Gasteiger partial charge in [-0.05, 0) is 43.4 Å². The maximum absolute atomic E-state index is 2.77. The molecule has 4 aliphatic carbocycles. The van der Waals surface area contributed by atoms with E-state index < -0.39 is 0 Å². The minimum Gasteiger partial charge on any atom is -0.237 e. The number of fused-ring (bicyclic) bond motifs is 1. The molecule has 0 unspecified atom stereocenters. The highest BCUT2D eigenvalue weighted by atomic mass is 15.0. The lowest BCUT2D eigenvalue weighted by atomic mass is 9.57. The zero-order valence-corrected chi connectivity index (χ0v) is 10.8. The molecule has 2 bridgehead atoms. The molecule has 1 heterocycles. The Morgan fingerprint density at radius 2 is 1.65 bits per heavy atom. The summed E-state index contributed by atoms with van der Waals surface area (Å²) in [6, 6.07) is 0. The minimum absolute atomic E-state index is 0.904. The molecule has 0 aromatic rings. The van der Waals surface area contributed by atoms with Gasteiger partial charge in [0.2, 0.25) is 0 Å². The molecule has 0 radical (unpaired) electrons. The molecule has 5 aliphatic rings. The summed E-state index contributed by atoms with van der Waals surface area (Å²) in [5.74, 6) is 3.80. The average molecular weight is 230 g/mol. The predicted octanol–water partition coefficient (Wildman–Crippen LogP) is 3.25. The van der Waals surface area contributed by atoms with Crippen molar-refractivity contribution >= 4 is 5.71 Å². The molecule has 5 rings (SSSR count). The first-order chi connectivity index (χ1) is 8.43. The summed E-state index contributed by atoms with van der Waals surface area (Å²) in [6.07, 6.45) is 15.3. The van der Waals surface area contributed by atoms with Crippen LogP contribution in [0.15, 0.2) is 12.2 Å². The number of rotatable bonds is 0. The highest BCUT2D eigenvalue weighted by Gasteiger charge is 2.47. The quantitative estimate of drug-likeness (QED) is 0.444. The molecule has 1 nitrogen and oxygen atoms in total. The van der Waals surface area contributed by atoms with Crippen molar-refractivity contribution in [2.75, 3.05) is 13.1 Å². The Bertz CT molecular complexity index is 371. The van der Waals surface area contributed by atoms with E-state index in [4.69, 9.17) is 0 Å². The first-order valence-electron chi connectivity index (χ1n) is 7.72. The lowest BCUT2D eigenvalue weighted by Crippen LogP contribution is -2.46. The Balaban J connectivity index is 1.73. The molecular weight excluding hydrogens is 206 g/mol. The van der Waals surface area contributed by atoms with E-state index in [1.807, 2.05) is 5.71 Å². The third-order valence-electron chi connectivity index (χ3n) is 5.78. The molecule has 3 fully saturated rings. The van der Waals surface area contributed by atoms with Crippen molar-refractivity contribution in [3.63, 3.8) is 0 Å². The fourth-order valence-electron chi connectivity index (χ4n) is 5.05. The van der Waals surface area contributed by atoms with Gasteiger partial charge in [-0.15, -0.1) is 0 Å². The van der Waals surface area contributed by atoms with Gasteiger partial charge in [0.05, 0.1) is 0 Å². The van der Waals surface area contributed by atoms with Gasteiger partial charge in [0, 0.05) is 25.2 Å². The summed E-state index contributed by atoms with van der Waals surface area (Å²) < 4.78 is 2.77. The Morgan fingerprint density at radius 1 is 0.882 bits per heavy atom. The number of hydrogen-bond donors (Lipinski definition) is 0. The predicted molar refractivity (Wildman–Crippen MR) is 70.4 cm³/mol. The second-order valence-electron chi connectivity index (χ2n) is 6.56. The van der Waals surface area contributed by atoms with Crippen molar-refractivity contribution in [3.05, 3.63) is 12.2 Å². The highest BCUT2D eigenvalue weighted by molar-refractivity contribution is 5.84. The van der Waals surface area contributed by atoms with Gasteiger partial charge in [-0.25, -0.2) is 4.58 Å². The van der Waals surface area contributed by atoms with Crippen LogP contribution in [0.25, 0.3) is 0 Å². The smallest absolute Gasteiger partial charge is 0.156 e. The van der Waals surface area contributed by atoms with Crippen LogP contribution in [0.3, 0.4) is 0 Å². The van der Waals surface area contributed by atoms with Gasteiger partial charge in [-0.1, -0.05) is 12.2 Å². The van der Waals surface area contributed by atoms with E-state index in [9.17, 15) is 0 Å². The third kappa shape index (κ3) is 1.54. The summed E-state index contributed by atoms with van der Waals surface area (Å²) in [4.78, 5) is 0. The fraction of sp³-hybridized carbons (Fsp3) is 0.812. The summed E-state index contributed by atoms with van der Waals surface area (Å²) in [7, 11) is 0. The molecule has 1 saturated heterocycles. The van der Waals surface area contributed by atoms with E-state index in [1.54, 1.807) is 0 Å².